The van der Waals surface area contributed by atoms with Gasteiger partial charge in [-0.3, -0.25) is 4.79 Å². The van der Waals surface area contributed by atoms with Crippen molar-refractivity contribution in [3.8, 4) is 0 Å². The summed E-state index contributed by atoms with van der Waals surface area (Å²) in [6, 6.07) is 2.33. The zero-order chi connectivity index (χ0) is 14.9. The average Bonchev–Trinajstić information content (AvgIpc) is 2.55. The van der Waals surface area contributed by atoms with E-state index in [0.717, 1.165) is 19.3 Å². The second kappa shape index (κ2) is 5.88. The zero-order valence-corrected chi connectivity index (χ0v) is 14.1. The average molecular weight is 294 g/mol. The van der Waals surface area contributed by atoms with Gasteiger partial charge in [-0.05, 0) is 70.4 Å². The first-order valence-electron chi connectivity index (χ1n) is 7.54. The topological polar surface area (TPSA) is 26.3 Å². The summed E-state index contributed by atoms with van der Waals surface area (Å²) in [4.78, 5) is 15.0. The SMILES string of the molecule is Cc1cc2c(s1)CCC(CC(=O)OC(C)(C)C)C(C)C2. The lowest BCUT2D eigenvalue weighted by molar-refractivity contribution is -0.156. The molecule has 0 amide bonds. The van der Waals surface area contributed by atoms with Crippen LogP contribution in [0.5, 0.6) is 0 Å². The molecule has 0 fully saturated rings. The highest BCUT2D eigenvalue weighted by atomic mass is 32.1. The van der Waals surface area contributed by atoms with Crippen molar-refractivity contribution in [2.24, 2.45) is 11.8 Å². The van der Waals surface area contributed by atoms with Gasteiger partial charge in [-0.25, -0.2) is 0 Å². The van der Waals surface area contributed by atoms with Crippen LogP contribution in [-0.4, -0.2) is 11.6 Å². The number of thiophene rings is 1. The van der Waals surface area contributed by atoms with Crippen LogP contribution in [0.4, 0.5) is 0 Å². The molecule has 20 heavy (non-hydrogen) atoms. The number of aryl methyl sites for hydroxylation is 2. The molecule has 3 heteroatoms. The molecule has 0 radical (unpaired) electrons. The van der Waals surface area contributed by atoms with Crippen molar-refractivity contribution in [3.63, 3.8) is 0 Å². The van der Waals surface area contributed by atoms with Crippen LogP contribution in [0.15, 0.2) is 6.07 Å². The van der Waals surface area contributed by atoms with Crippen LogP contribution in [0.2, 0.25) is 0 Å². The summed E-state index contributed by atoms with van der Waals surface area (Å²) in [6.45, 7) is 10.3. The van der Waals surface area contributed by atoms with Crippen molar-refractivity contribution in [2.75, 3.05) is 0 Å². The normalized spacial score (nSPS) is 23.1. The molecular formula is C17H26O2S. The second-order valence-corrected chi connectivity index (χ2v) is 8.42. The first kappa shape index (κ1) is 15.6. The number of esters is 1. The van der Waals surface area contributed by atoms with E-state index in [0.29, 0.717) is 18.3 Å². The molecule has 2 nitrogen and oxygen atoms in total. The minimum atomic E-state index is -0.374. The maximum Gasteiger partial charge on any atom is 0.306 e. The molecule has 0 N–H and O–H groups in total. The van der Waals surface area contributed by atoms with Crippen molar-refractivity contribution in [1.29, 1.82) is 0 Å². The molecule has 0 saturated carbocycles. The van der Waals surface area contributed by atoms with Crippen LogP contribution in [0, 0.1) is 18.8 Å². The third-order valence-electron chi connectivity index (χ3n) is 3.96. The van der Waals surface area contributed by atoms with Gasteiger partial charge in [0.1, 0.15) is 5.60 Å². The molecule has 0 bridgehead atoms. The Balaban J connectivity index is 1.98. The molecule has 2 unspecified atom stereocenters. The van der Waals surface area contributed by atoms with Crippen LogP contribution in [0.25, 0.3) is 0 Å². The molecule has 2 atom stereocenters. The van der Waals surface area contributed by atoms with Gasteiger partial charge in [0, 0.05) is 16.2 Å². The van der Waals surface area contributed by atoms with Crippen molar-refractivity contribution >= 4 is 17.3 Å². The summed E-state index contributed by atoms with van der Waals surface area (Å²) in [7, 11) is 0. The van der Waals surface area contributed by atoms with E-state index in [-0.39, 0.29) is 11.6 Å². The maximum atomic E-state index is 12.0. The van der Waals surface area contributed by atoms with Gasteiger partial charge in [-0.1, -0.05) is 6.92 Å². The van der Waals surface area contributed by atoms with Crippen molar-refractivity contribution in [3.05, 3.63) is 21.4 Å². The molecular weight excluding hydrogens is 268 g/mol. The van der Waals surface area contributed by atoms with E-state index in [1.54, 1.807) is 0 Å². The van der Waals surface area contributed by atoms with Crippen LogP contribution in [0.3, 0.4) is 0 Å². The van der Waals surface area contributed by atoms with Crippen molar-refractivity contribution in [1.82, 2.24) is 0 Å². The Morgan fingerprint density at radius 3 is 2.80 bits per heavy atom. The smallest absolute Gasteiger partial charge is 0.306 e. The van der Waals surface area contributed by atoms with Crippen LogP contribution in [0.1, 0.15) is 55.9 Å². The number of ether oxygens (including phenoxy) is 1. The minimum absolute atomic E-state index is 0.0456. The summed E-state index contributed by atoms with van der Waals surface area (Å²) in [6.07, 6.45) is 3.89. The molecule has 0 aliphatic heterocycles. The van der Waals surface area contributed by atoms with E-state index in [9.17, 15) is 4.79 Å². The quantitative estimate of drug-likeness (QED) is 0.592. The Labute approximate surface area is 126 Å². The first-order valence-corrected chi connectivity index (χ1v) is 8.36. The summed E-state index contributed by atoms with van der Waals surface area (Å²) < 4.78 is 5.47. The van der Waals surface area contributed by atoms with Gasteiger partial charge in [0.2, 0.25) is 0 Å². The fraction of sp³-hybridized carbons (Fsp3) is 0.706. The third kappa shape index (κ3) is 4.08. The number of rotatable bonds is 2. The number of carbonyl (C=O) groups excluding carboxylic acids is 1. The Bertz CT molecular complexity index is 482. The van der Waals surface area contributed by atoms with Crippen molar-refractivity contribution < 1.29 is 9.53 Å². The summed E-state index contributed by atoms with van der Waals surface area (Å²) in [5, 5.41) is 0. The fourth-order valence-electron chi connectivity index (χ4n) is 3.01. The van der Waals surface area contributed by atoms with Crippen LogP contribution < -0.4 is 0 Å². The molecule has 0 saturated heterocycles. The monoisotopic (exact) mass is 294 g/mol. The molecule has 2 rings (SSSR count). The number of hydrogen-bond acceptors (Lipinski definition) is 3. The van der Waals surface area contributed by atoms with Gasteiger partial charge in [0.15, 0.2) is 0 Å². The van der Waals surface area contributed by atoms with E-state index in [4.69, 9.17) is 4.74 Å². The highest BCUT2D eigenvalue weighted by Gasteiger charge is 2.28. The Kier molecular flexibility index (Phi) is 4.58. The molecule has 1 aliphatic carbocycles. The highest BCUT2D eigenvalue weighted by molar-refractivity contribution is 7.12. The first-order chi connectivity index (χ1) is 9.24. The predicted octanol–water partition coefficient (Wildman–Crippen LogP) is 4.53. The zero-order valence-electron chi connectivity index (χ0n) is 13.3. The third-order valence-corrected chi connectivity index (χ3v) is 5.11. The highest BCUT2D eigenvalue weighted by Crippen LogP contribution is 2.35. The van der Waals surface area contributed by atoms with E-state index in [1.165, 1.54) is 15.3 Å². The summed E-state index contributed by atoms with van der Waals surface area (Å²) >= 11 is 1.92. The lowest BCUT2D eigenvalue weighted by Crippen LogP contribution is -2.27. The molecule has 1 aromatic rings. The Morgan fingerprint density at radius 1 is 1.45 bits per heavy atom. The van der Waals surface area contributed by atoms with Crippen LogP contribution >= 0.6 is 11.3 Å². The molecule has 112 valence electrons. The summed E-state index contributed by atoms with van der Waals surface area (Å²) in [5.74, 6) is 0.957. The van der Waals surface area contributed by atoms with Gasteiger partial charge >= 0.3 is 5.97 Å². The van der Waals surface area contributed by atoms with E-state index >= 15 is 0 Å². The van der Waals surface area contributed by atoms with Gasteiger partial charge in [0.05, 0.1) is 0 Å². The van der Waals surface area contributed by atoms with Gasteiger partial charge in [0.25, 0.3) is 0 Å². The number of fused-ring (bicyclic) bond motifs is 1. The summed E-state index contributed by atoms with van der Waals surface area (Å²) in [5.41, 5.74) is 1.13. The van der Waals surface area contributed by atoms with Gasteiger partial charge < -0.3 is 4.74 Å². The lowest BCUT2D eigenvalue weighted by atomic mass is 9.86. The van der Waals surface area contributed by atoms with Gasteiger partial charge in [-0.15, -0.1) is 11.3 Å². The lowest BCUT2D eigenvalue weighted by Gasteiger charge is -2.24. The van der Waals surface area contributed by atoms with Crippen molar-refractivity contribution in [2.45, 2.75) is 65.9 Å². The second-order valence-electron chi connectivity index (χ2n) is 7.08. The predicted molar refractivity (Wildman–Crippen MR) is 84.2 cm³/mol. The molecule has 0 aromatic carbocycles. The standard InChI is InChI=1S/C17H26O2S/c1-11-8-14-9-12(2)20-15(14)7-6-13(11)10-16(18)19-17(3,4)5/h9,11,13H,6-8,10H2,1-5H3. The Hall–Kier alpha value is -0.830. The van der Waals surface area contributed by atoms with E-state index in [2.05, 4.69) is 19.9 Å². The molecule has 1 aromatic heterocycles. The molecule has 1 heterocycles. The minimum Gasteiger partial charge on any atom is -0.460 e. The van der Waals surface area contributed by atoms with Crippen LogP contribution in [-0.2, 0) is 22.4 Å². The molecule has 1 aliphatic rings. The molecule has 0 spiro atoms. The van der Waals surface area contributed by atoms with E-state index in [1.807, 2.05) is 32.1 Å². The largest absolute Gasteiger partial charge is 0.460 e. The number of hydrogen-bond donors (Lipinski definition) is 0. The van der Waals surface area contributed by atoms with E-state index < -0.39 is 0 Å². The Morgan fingerprint density at radius 2 is 2.15 bits per heavy atom. The number of carbonyl (C=O) groups is 1. The van der Waals surface area contributed by atoms with Gasteiger partial charge in [-0.2, -0.15) is 0 Å². The maximum absolute atomic E-state index is 12.0. The fourth-order valence-corrected chi connectivity index (χ4v) is 4.10.